The van der Waals surface area contributed by atoms with Crippen LogP contribution < -0.4 is 5.32 Å². The quantitative estimate of drug-likeness (QED) is 0.225. The van der Waals surface area contributed by atoms with E-state index in [1.165, 1.54) is 24.5 Å². The number of thiazole rings is 1. The molecule has 0 saturated heterocycles. The maximum Gasteiger partial charge on any atom is 0.341 e. The average Bonchev–Trinajstić information content (AvgIpc) is 3.34. The number of hydrogen-bond acceptors (Lipinski definition) is 8. The van der Waals surface area contributed by atoms with Gasteiger partial charge in [-0.2, -0.15) is 5.26 Å². The van der Waals surface area contributed by atoms with Crippen LogP contribution >= 0.6 is 38.6 Å². The Bertz CT molecular complexity index is 1220. The predicted octanol–water partition coefficient (Wildman–Crippen LogP) is 6.30. The largest absolute Gasteiger partial charge is 0.462 e. The number of thiophene rings is 1. The highest BCUT2D eigenvalue weighted by molar-refractivity contribution is 9.10. The predicted molar refractivity (Wildman–Crippen MR) is 127 cm³/mol. The van der Waals surface area contributed by atoms with Crippen LogP contribution in [0.5, 0.6) is 0 Å². The Morgan fingerprint density at radius 1 is 1.39 bits per heavy atom. The Hall–Kier alpha value is -2.80. The molecule has 0 saturated carbocycles. The molecule has 0 radical (unpaired) electrons. The molecule has 1 aromatic carbocycles. The van der Waals surface area contributed by atoms with Gasteiger partial charge in [0.1, 0.15) is 21.7 Å². The zero-order valence-corrected chi connectivity index (χ0v) is 20.2. The van der Waals surface area contributed by atoms with Crippen LogP contribution in [0.3, 0.4) is 0 Å². The van der Waals surface area contributed by atoms with Gasteiger partial charge in [0, 0.05) is 21.6 Å². The van der Waals surface area contributed by atoms with Crippen LogP contribution in [0.15, 0.2) is 40.3 Å². The van der Waals surface area contributed by atoms with Crippen molar-refractivity contribution in [2.24, 2.45) is 0 Å². The van der Waals surface area contributed by atoms with E-state index in [2.05, 4.69) is 32.3 Å². The number of rotatable bonds is 7. The molecule has 0 amide bonds. The number of nitrogens with zero attached hydrogens (tertiary/aromatic N) is 2. The lowest BCUT2D eigenvalue weighted by molar-refractivity contribution is 0.0527. The minimum absolute atomic E-state index is 0.135. The first-order valence-electron chi connectivity index (χ1n) is 9.25. The van der Waals surface area contributed by atoms with Crippen LogP contribution in [0.4, 0.5) is 5.00 Å². The molecule has 2 aromatic heterocycles. The van der Waals surface area contributed by atoms with Gasteiger partial charge in [-0.05, 0) is 38.5 Å². The number of nitriles is 1. The summed E-state index contributed by atoms with van der Waals surface area (Å²) < 4.78 is 6.08. The molecule has 158 valence electrons. The Labute approximate surface area is 196 Å². The summed E-state index contributed by atoms with van der Waals surface area (Å²) in [6.07, 6.45) is 1.50. The number of allylic oxidation sites excluding steroid dienone is 1. The highest BCUT2D eigenvalue weighted by atomic mass is 79.9. The van der Waals surface area contributed by atoms with Crippen LogP contribution in [-0.4, -0.2) is 23.3 Å². The third-order valence-corrected chi connectivity index (χ3v) is 6.96. The van der Waals surface area contributed by atoms with Gasteiger partial charge in [0.15, 0.2) is 5.78 Å². The highest BCUT2D eigenvalue weighted by Crippen LogP contribution is 2.35. The van der Waals surface area contributed by atoms with Gasteiger partial charge < -0.3 is 10.1 Å². The second-order valence-electron chi connectivity index (χ2n) is 6.40. The Morgan fingerprint density at radius 2 is 2.16 bits per heavy atom. The van der Waals surface area contributed by atoms with Crippen LogP contribution in [0, 0.1) is 18.3 Å². The SMILES string of the molecule is CCOC(=O)c1c(N/C=C(/C#N)c2nc(-c3cccc(Br)c3)cs2)sc(C(C)=O)c1C. The molecule has 3 aromatic rings. The Morgan fingerprint density at radius 3 is 2.81 bits per heavy atom. The van der Waals surface area contributed by atoms with Crippen molar-refractivity contribution in [1.82, 2.24) is 4.98 Å². The number of ketones is 1. The number of Topliss-reactive ketones (excluding diaryl/α,β-unsaturated/α-hetero) is 1. The van der Waals surface area contributed by atoms with Gasteiger partial charge in [-0.15, -0.1) is 22.7 Å². The molecule has 2 heterocycles. The summed E-state index contributed by atoms with van der Waals surface area (Å²) in [6, 6.07) is 9.89. The number of carbonyl (C=O) groups excluding carboxylic acids is 2. The number of carbonyl (C=O) groups is 2. The second-order valence-corrected chi connectivity index (χ2v) is 9.19. The fraction of sp³-hybridized carbons (Fsp3) is 0.182. The van der Waals surface area contributed by atoms with E-state index in [9.17, 15) is 14.9 Å². The van der Waals surface area contributed by atoms with E-state index >= 15 is 0 Å². The number of nitrogens with one attached hydrogen (secondary N) is 1. The summed E-state index contributed by atoms with van der Waals surface area (Å²) in [6.45, 7) is 5.11. The van der Waals surface area contributed by atoms with Crippen molar-refractivity contribution in [3.8, 4) is 17.3 Å². The summed E-state index contributed by atoms with van der Waals surface area (Å²) in [5.74, 6) is -0.645. The van der Waals surface area contributed by atoms with Gasteiger partial charge in [0.25, 0.3) is 0 Å². The van der Waals surface area contributed by atoms with E-state index in [1.807, 2.05) is 29.6 Å². The van der Waals surface area contributed by atoms with Crippen LogP contribution in [-0.2, 0) is 4.74 Å². The van der Waals surface area contributed by atoms with Crippen molar-refractivity contribution < 1.29 is 14.3 Å². The summed E-state index contributed by atoms with van der Waals surface area (Å²) >= 11 is 5.96. The molecule has 0 atom stereocenters. The van der Waals surface area contributed by atoms with E-state index in [-0.39, 0.29) is 12.4 Å². The van der Waals surface area contributed by atoms with Gasteiger partial charge in [-0.25, -0.2) is 9.78 Å². The van der Waals surface area contributed by atoms with E-state index in [0.717, 1.165) is 27.1 Å². The zero-order valence-electron chi connectivity index (χ0n) is 17.0. The molecule has 0 unspecified atom stereocenters. The van der Waals surface area contributed by atoms with Gasteiger partial charge in [0.2, 0.25) is 0 Å². The molecule has 31 heavy (non-hydrogen) atoms. The molecular weight excluding hydrogens is 498 g/mol. The van der Waals surface area contributed by atoms with Gasteiger partial charge >= 0.3 is 5.97 Å². The Balaban J connectivity index is 1.93. The van der Waals surface area contributed by atoms with Crippen molar-refractivity contribution in [2.75, 3.05) is 11.9 Å². The molecule has 0 bridgehead atoms. The second kappa shape index (κ2) is 10.0. The van der Waals surface area contributed by atoms with E-state index in [0.29, 0.717) is 31.6 Å². The molecular formula is C22H18BrN3O3S2. The number of halogens is 1. The number of aromatic nitrogens is 1. The molecule has 3 rings (SSSR count). The maximum atomic E-state index is 12.4. The van der Waals surface area contributed by atoms with E-state index in [1.54, 1.807) is 13.8 Å². The number of esters is 1. The number of ether oxygens (including phenoxy) is 1. The monoisotopic (exact) mass is 515 g/mol. The van der Waals surface area contributed by atoms with Gasteiger partial charge in [-0.1, -0.05) is 28.1 Å². The maximum absolute atomic E-state index is 12.4. The van der Waals surface area contributed by atoms with Crippen molar-refractivity contribution in [3.05, 3.63) is 61.3 Å². The zero-order chi connectivity index (χ0) is 22.5. The third kappa shape index (κ3) is 5.10. The average molecular weight is 516 g/mol. The molecule has 1 N–H and O–H groups in total. The minimum Gasteiger partial charge on any atom is -0.462 e. The molecule has 0 spiro atoms. The van der Waals surface area contributed by atoms with Crippen molar-refractivity contribution >= 4 is 60.9 Å². The fourth-order valence-electron chi connectivity index (χ4n) is 2.86. The molecule has 0 aliphatic heterocycles. The molecule has 6 nitrogen and oxygen atoms in total. The van der Waals surface area contributed by atoms with Crippen LogP contribution in [0.25, 0.3) is 16.8 Å². The summed E-state index contributed by atoms with van der Waals surface area (Å²) in [5, 5.41) is 15.6. The lowest BCUT2D eigenvalue weighted by atomic mass is 10.1. The summed E-state index contributed by atoms with van der Waals surface area (Å²) in [4.78, 5) is 29.4. The van der Waals surface area contributed by atoms with Crippen LogP contribution in [0.1, 0.15) is 44.4 Å². The van der Waals surface area contributed by atoms with Crippen molar-refractivity contribution in [2.45, 2.75) is 20.8 Å². The first-order chi connectivity index (χ1) is 14.8. The number of anilines is 1. The van der Waals surface area contributed by atoms with Gasteiger partial charge in [0.05, 0.1) is 22.7 Å². The summed E-state index contributed by atoms with van der Waals surface area (Å²) in [5.41, 5.74) is 2.89. The molecule has 0 aliphatic rings. The third-order valence-electron chi connectivity index (χ3n) is 4.27. The number of benzene rings is 1. The smallest absolute Gasteiger partial charge is 0.341 e. The number of hydrogen-bond donors (Lipinski definition) is 1. The van der Waals surface area contributed by atoms with E-state index in [4.69, 9.17) is 4.74 Å². The summed E-state index contributed by atoms with van der Waals surface area (Å²) in [7, 11) is 0. The topological polar surface area (TPSA) is 92.1 Å². The fourth-order valence-corrected chi connectivity index (χ4v) is 5.11. The molecule has 9 heteroatoms. The molecule has 0 fully saturated rings. The highest BCUT2D eigenvalue weighted by Gasteiger charge is 2.24. The molecule has 0 aliphatic carbocycles. The minimum atomic E-state index is -0.510. The van der Waals surface area contributed by atoms with Crippen LogP contribution in [0.2, 0.25) is 0 Å². The normalized spacial score (nSPS) is 11.1. The first kappa shape index (κ1) is 22.9. The van der Waals surface area contributed by atoms with Crippen molar-refractivity contribution in [1.29, 1.82) is 5.26 Å². The van der Waals surface area contributed by atoms with E-state index < -0.39 is 5.97 Å². The van der Waals surface area contributed by atoms with Gasteiger partial charge in [-0.3, -0.25) is 4.79 Å². The lowest BCUT2D eigenvalue weighted by Gasteiger charge is -2.05. The van der Waals surface area contributed by atoms with Crippen molar-refractivity contribution in [3.63, 3.8) is 0 Å². The Kier molecular flexibility index (Phi) is 7.38. The standard InChI is InChI=1S/C22H18BrN3O3S2/c1-4-29-22(28)18-12(2)19(13(3)27)31-21(18)25-10-15(9-24)20-26-17(11-30-20)14-6-5-7-16(23)8-14/h5-8,10-11,25H,4H2,1-3H3/b15-10-. The first-order valence-corrected chi connectivity index (χ1v) is 11.7. The lowest BCUT2D eigenvalue weighted by Crippen LogP contribution is -2.08.